The molecule has 2 N–H and O–H groups in total. The second-order valence-electron chi connectivity index (χ2n) is 4.81. The largest absolute Gasteiger partial charge is 0.369 e. The standard InChI is InChI=1S/C11H24N4O3S/c1-4-14(5-2)19(17,18)15-7-6-13(3)8-10(9-15)11(12)16/h10H,4-9H2,1-3H3,(H2,12,16). The third-order valence-electron chi connectivity index (χ3n) is 3.45. The van der Waals surface area contributed by atoms with Crippen LogP contribution in [-0.4, -0.2) is 74.2 Å². The van der Waals surface area contributed by atoms with E-state index in [1.165, 1.54) is 8.61 Å². The van der Waals surface area contributed by atoms with Gasteiger partial charge in [0.05, 0.1) is 5.92 Å². The average Bonchev–Trinajstić information content (AvgIpc) is 2.52. The summed E-state index contributed by atoms with van der Waals surface area (Å²) >= 11 is 0. The number of hydrogen-bond acceptors (Lipinski definition) is 4. The molecule has 0 saturated carbocycles. The van der Waals surface area contributed by atoms with Crippen LogP contribution in [0.2, 0.25) is 0 Å². The van der Waals surface area contributed by atoms with E-state index in [1.807, 2.05) is 11.9 Å². The van der Waals surface area contributed by atoms with Crippen LogP contribution in [-0.2, 0) is 15.0 Å². The van der Waals surface area contributed by atoms with Gasteiger partial charge in [-0.2, -0.15) is 17.0 Å². The molecule has 0 radical (unpaired) electrons. The fourth-order valence-electron chi connectivity index (χ4n) is 2.25. The fraction of sp³-hybridized carbons (Fsp3) is 0.909. The molecule has 0 aliphatic carbocycles. The van der Waals surface area contributed by atoms with Crippen molar-refractivity contribution in [1.29, 1.82) is 0 Å². The van der Waals surface area contributed by atoms with Gasteiger partial charge >= 0.3 is 0 Å². The number of hydrogen-bond donors (Lipinski definition) is 1. The quantitative estimate of drug-likeness (QED) is 0.698. The molecule has 1 rings (SSSR count). The van der Waals surface area contributed by atoms with Gasteiger partial charge in [0.2, 0.25) is 5.91 Å². The van der Waals surface area contributed by atoms with E-state index in [-0.39, 0.29) is 6.54 Å². The van der Waals surface area contributed by atoms with Crippen molar-refractivity contribution in [2.24, 2.45) is 11.7 Å². The molecule has 0 aromatic carbocycles. The van der Waals surface area contributed by atoms with Crippen LogP contribution in [0, 0.1) is 5.92 Å². The highest BCUT2D eigenvalue weighted by atomic mass is 32.2. The zero-order valence-electron chi connectivity index (χ0n) is 11.9. The zero-order valence-corrected chi connectivity index (χ0v) is 12.7. The Balaban J connectivity index is 2.95. The van der Waals surface area contributed by atoms with Crippen molar-refractivity contribution < 1.29 is 13.2 Å². The second kappa shape index (κ2) is 6.65. The maximum Gasteiger partial charge on any atom is 0.282 e. The minimum atomic E-state index is -3.51. The molecule has 1 aliphatic rings. The lowest BCUT2D eigenvalue weighted by Gasteiger charge is -2.28. The number of rotatable bonds is 5. The first kappa shape index (κ1) is 16.4. The third-order valence-corrected chi connectivity index (χ3v) is 5.60. The minimum Gasteiger partial charge on any atom is -0.369 e. The summed E-state index contributed by atoms with van der Waals surface area (Å²) in [5.74, 6) is -0.911. The van der Waals surface area contributed by atoms with E-state index in [1.54, 1.807) is 13.8 Å². The molecular formula is C11H24N4O3S. The molecule has 0 bridgehead atoms. The summed E-state index contributed by atoms with van der Waals surface area (Å²) in [5.41, 5.74) is 5.34. The second-order valence-corrected chi connectivity index (χ2v) is 6.74. The zero-order chi connectivity index (χ0) is 14.6. The molecule has 0 aromatic heterocycles. The Kier molecular flexibility index (Phi) is 5.72. The molecule has 112 valence electrons. The Labute approximate surface area is 115 Å². The van der Waals surface area contributed by atoms with E-state index in [0.717, 1.165) is 0 Å². The number of likely N-dealkylation sites (N-methyl/N-ethyl adjacent to an activating group) is 1. The Morgan fingerprint density at radius 3 is 2.32 bits per heavy atom. The van der Waals surface area contributed by atoms with Crippen molar-refractivity contribution in [3.05, 3.63) is 0 Å². The van der Waals surface area contributed by atoms with Crippen molar-refractivity contribution in [3.8, 4) is 0 Å². The van der Waals surface area contributed by atoms with E-state index in [0.29, 0.717) is 32.7 Å². The summed E-state index contributed by atoms with van der Waals surface area (Å²) in [6.45, 7) is 6.10. The SMILES string of the molecule is CCN(CC)S(=O)(=O)N1CCN(C)CC(C(N)=O)C1. The number of carbonyl (C=O) groups excluding carboxylic acids is 1. The Bertz CT molecular complexity index is 408. The van der Waals surface area contributed by atoms with Crippen molar-refractivity contribution in [1.82, 2.24) is 13.5 Å². The minimum absolute atomic E-state index is 0.165. The van der Waals surface area contributed by atoms with Gasteiger partial charge in [0.1, 0.15) is 0 Å². The van der Waals surface area contributed by atoms with Crippen molar-refractivity contribution in [2.45, 2.75) is 13.8 Å². The molecule has 1 unspecified atom stereocenters. The van der Waals surface area contributed by atoms with E-state index >= 15 is 0 Å². The summed E-state index contributed by atoms with van der Waals surface area (Å²) in [5, 5.41) is 0. The number of nitrogens with two attached hydrogens (primary N) is 1. The molecule has 1 amide bonds. The van der Waals surface area contributed by atoms with Gasteiger partial charge in [0, 0.05) is 39.3 Å². The highest BCUT2D eigenvalue weighted by Crippen LogP contribution is 2.15. The summed E-state index contributed by atoms with van der Waals surface area (Å²) in [4.78, 5) is 13.3. The molecule has 1 fully saturated rings. The molecule has 1 aliphatic heterocycles. The Morgan fingerprint density at radius 1 is 1.26 bits per heavy atom. The molecule has 0 aromatic rings. The topological polar surface area (TPSA) is 87.0 Å². The summed E-state index contributed by atoms with van der Waals surface area (Å²) < 4.78 is 27.7. The van der Waals surface area contributed by atoms with Crippen LogP contribution in [0.4, 0.5) is 0 Å². The van der Waals surface area contributed by atoms with Crippen LogP contribution >= 0.6 is 0 Å². The molecule has 8 heteroatoms. The lowest BCUT2D eigenvalue weighted by Crippen LogP contribution is -2.47. The molecule has 0 spiro atoms. The molecular weight excluding hydrogens is 268 g/mol. The predicted molar refractivity (Wildman–Crippen MR) is 73.6 cm³/mol. The summed E-state index contributed by atoms with van der Waals surface area (Å²) in [6, 6.07) is 0. The van der Waals surface area contributed by atoms with Gasteiger partial charge in [0.25, 0.3) is 10.2 Å². The van der Waals surface area contributed by atoms with Crippen LogP contribution in [0.3, 0.4) is 0 Å². The molecule has 1 atom stereocenters. The van der Waals surface area contributed by atoms with Crippen molar-refractivity contribution in [2.75, 3.05) is 46.3 Å². The van der Waals surface area contributed by atoms with E-state index in [2.05, 4.69) is 0 Å². The first-order valence-corrected chi connectivity index (χ1v) is 7.95. The predicted octanol–water partition coefficient (Wildman–Crippen LogP) is -1.08. The number of carbonyl (C=O) groups is 1. The maximum atomic E-state index is 12.5. The van der Waals surface area contributed by atoms with Gasteiger partial charge < -0.3 is 10.6 Å². The van der Waals surface area contributed by atoms with Gasteiger partial charge in [-0.05, 0) is 7.05 Å². The number of primary amides is 1. The van der Waals surface area contributed by atoms with E-state index in [9.17, 15) is 13.2 Å². The molecule has 7 nitrogen and oxygen atoms in total. The number of nitrogens with zero attached hydrogens (tertiary/aromatic N) is 3. The summed E-state index contributed by atoms with van der Waals surface area (Å²) in [6.07, 6.45) is 0. The maximum absolute atomic E-state index is 12.5. The number of amides is 1. The van der Waals surface area contributed by atoms with Gasteiger partial charge in [-0.25, -0.2) is 0 Å². The fourth-order valence-corrected chi connectivity index (χ4v) is 3.91. The highest BCUT2D eigenvalue weighted by Gasteiger charge is 2.34. The van der Waals surface area contributed by atoms with E-state index < -0.39 is 22.0 Å². The van der Waals surface area contributed by atoms with Crippen LogP contribution in [0.5, 0.6) is 0 Å². The van der Waals surface area contributed by atoms with Crippen LogP contribution < -0.4 is 5.73 Å². The Hall–Kier alpha value is -0.700. The molecule has 1 saturated heterocycles. The van der Waals surface area contributed by atoms with Gasteiger partial charge in [-0.1, -0.05) is 13.8 Å². The van der Waals surface area contributed by atoms with Crippen molar-refractivity contribution >= 4 is 16.1 Å². The van der Waals surface area contributed by atoms with Gasteiger partial charge in [0.15, 0.2) is 0 Å². The monoisotopic (exact) mass is 292 g/mol. The van der Waals surface area contributed by atoms with E-state index in [4.69, 9.17) is 5.73 Å². The first-order valence-electron chi connectivity index (χ1n) is 6.56. The highest BCUT2D eigenvalue weighted by molar-refractivity contribution is 7.86. The molecule has 1 heterocycles. The smallest absolute Gasteiger partial charge is 0.282 e. The lowest BCUT2D eigenvalue weighted by atomic mass is 10.1. The van der Waals surface area contributed by atoms with Gasteiger partial charge in [-0.15, -0.1) is 0 Å². The summed E-state index contributed by atoms with van der Waals surface area (Å²) in [7, 11) is -1.64. The lowest BCUT2D eigenvalue weighted by molar-refractivity contribution is -0.122. The van der Waals surface area contributed by atoms with Crippen molar-refractivity contribution in [3.63, 3.8) is 0 Å². The van der Waals surface area contributed by atoms with Crippen LogP contribution in [0.15, 0.2) is 0 Å². The Morgan fingerprint density at radius 2 is 1.84 bits per heavy atom. The van der Waals surface area contributed by atoms with Gasteiger partial charge in [-0.3, -0.25) is 4.79 Å². The van der Waals surface area contributed by atoms with Crippen LogP contribution in [0.25, 0.3) is 0 Å². The normalized spacial score (nSPS) is 23.5. The molecule has 19 heavy (non-hydrogen) atoms. The van der Waals surface area contributed by atoms with Crippen LogP contribution in [0.1, 0.15) is 13.8 Å². The third kappa shape index (κ3) is 3.88. The average molecular weight is 292 g/mol. The first-order chi connectivity index (χ1) is 8.82.